The summed E-state index contributed by atoms with van der Waals surface area (Å²) in [5.74, 6) is 0.891. The van der Waals surface area contributed by atoms with E-state index in [9.17, 15) is 0 Å². The molecule has 0 bridgehead atoms. The molecule has 0 saturated carbocycles. The second-order valence-corrected chi connectivity index (χ2v) is 5.51. The number of rotatable bonds is 3. The van der Waals surface area contributed by atoms with Crippen LogP contribution in [0.15, 0.2) is 64.5 Å². The Bertz CT molecular complexity index is 700. The zero-order valence-corrected chi connectivity index (χ0v) is 11.8. The average Bonchev–Trinajstić information content (AvgIpc) is 2.77. The standard InChI is InChI=1S/C16H15NOS/c1-17-11-16(14-5-3-4-6-15(14)17)19-13-9-7-12(18-2)8-10-13/h3-11H,1-2H3. The van der Waals surface area contributed by atoms with Crippen molar-refractivity contribution >= 4 is 22.7 Å². The molecule has 0 N–H and O–H groups in total. The summed E-state index contributed by atoms with van der Waals surface area (Å²) in [6.07, 6.45) is 2.18. The van der Waals surface area contributed by atoms with Gasteiger partial charge >= 0.3 is 0 Å². The van der Waals surface area contributed by atoms with E-state index in [2.05, 4.69) is 54.2 Å². The molecule has 3 heteroatoms. The molecule has 0 aliphatic heterocycles. The highest BCUT2D eigenvalue weighted by Gasteiger charge is 2.07. The first-order valence-electron chi connectivity index (χ1n) is 6.14. The van der Waals surface area contributed by atoms with E-state index in [1.165, 1.54) is 20.7 Å². The van der Waals surface area contributed by atoms with Crippen LogP contribution >= 0.6 is 11.8 Å². The summed E-state index contributed by atoms with van der Waals surface area (Å²) >= 11 is 1.78. The third kappa shape index (κ3) is 2.34. The monoisotopic (exact) mass is 269 g/mol. The van der Waals surface area contributed by atoms with Crippen molar-refractivity contribution in [3.05, 3.63) is 54.7 Å². The molecule has 0 fully saturated rings. The van der Waals surface area contributed by atoms with Crippen LogP contribution < -0.4 is 4.74 Å². The van der Waals surface area contributed by atoms with Crippen molar-refractivity contribution in [1.82, 2.24) is 4.57 Å². The summed E-state index contributed by atoms with van der Waals surface area (Å²) < 4.78 is 7.35. The summed E-state index contributed by atoms with van der Waals surface area (Å²) in [6, 6.07) is 16.6. The third-order valence-electron chi connectivity index (χ3n) is 3.15. The van der Waals surface area contributed by atoms with Gasteiger partial charge in [0.25, 0.3) is 0 Å². The van der Waals surface area contributed by atoms with Crippen molar-refractivity contribution in [3.8, 4) is 5.75 Å². The minimum Gasteiger partial charge on any atom is -0.497 e. The molecular formula is C16H15NOS. The molecule has 1 aromatic heterocycles. The van der Waals surface area contributed by atoms with Crippen molar-refractivity contribution in [2.75, 3.05) is 7.11 Å². The minimum absolute atomic E-state index is 0.891. The Morgan fingerprint density at radius 1 is 1.00 bits per heavy atom. The zero-order chi connectivity index (χ0) is 13.2. The lowest BCUT2D eigenvalue weighted by Gasteiger charge is -2.02. The predicted molar refractivity (Wildman–Crippen MR) is 80.0 cm³/mol. The Balaban J connectivity index is 1.96. The van der Waals surface area contributed by atoms with Gasteiger partial charge in [0.15, 0.2) is 0 Å². The molecule has 0 radical (unpaired) electrons. The largest absolute Gasteiger partial charge is 0.497 e. The van der Waals surface area contributed by atoms with Crippen molar-refractivity contribution in [2.24, 2.45) is 7.05 Å². The topological polar surface area (TPSA) is 14.2 Å². The summed E-state index contributed by atoms with van der Waals surface area (Å²) in [6.45, 7) is 0. The maximum absolute atomic E-state index is 5.18. The molecule has 0 spiro atoms. The number of nitrogens with zero attached hydrogens (tertiary/aromatic N) is 1. The van der Waals surface area contributed by atoms with Crippen LogP contribution in [-0.2, 0) is 7.05 Å². The van der Waals surface area contributed by atoms with Gasteiger partial charge in [0.05, 0.1) is 7.11 Å². The van der Waals surface area contributed by atoms with Gasteiger partial charge in [0.2, 0.25) is 0 Å². The molecule has 2 aromatic carbocycles. The highest BCUT2D eigenvalue weighted by Crippen LogP contribution is 2.35. The zero-order valence-electron chi connectivity index (χ0n) is 11.0. The normalized spacial score (nSPS) is 10.8. The lowest BCUT2D eigenvalue weighted by molar-refractivity contribution is 0.414. The van der Waals surface area contributed by atoms with Crippen LogP contribution in [0.1, 0.15) is 0 Å². The number of ether oxygens (including phenoxy) is 1. The molecule has 0 aliphatic rings. The molecule has 0 atom stereocenters. The van der Waals surface area contributed by atoms with Gasteiger partial charge in [-0.2, -0.15) is 0 Å². The fraction of sp³-hybridized carbons (Fsp3) is 0.125. The van der Waals surface area contributed by atoms with Gasteiger partial charge in [0.1, 0.15) is 5.75 Å². The van der Waals surface area contributed by atoms with E-state index in [-0.39, 0.29) is 0 Å². The molecule has 3 aromatic rings. The van der Waals surface area contributed by atoms with Gasteiger partial charge in [-0.15, -0.1) is 0 Å². The maximum Gasteiger partial charge on any atom is 0.118 e. The van der Waals surface area contributed by atoms with Crippen LogP contribution in [0.3, 0.4) is 0 Å². The maximum atomic E-state index is 5.18. The van der Waals surface area contributed by atoms with Gasteiger partial charge in [-0.1, -0.05) is 30.0 Å². The van der Waals surface area contributed by atoms with Crippen LogP contribution in [0.5, 0.6) is 5.75 Å². The molecule has 0 amide bonds. The first-order valence-corrected chi connectivity index (χ1v) is 6.95. The lowest BCUT2D eigenvalue weighted by Crippen LogP contribution is -1.81. The smallest absolute Gasteiger partial charge is 0.118 e. The highest BCUT2D eigenvalue weighted by atomic mass is 32.2. The van der Waals surface area contributed by atoms with Crippen molar-refractivity contribution < 1.29 is 4.74 Å². The Kier molecular flexibility index (Phi) is 3.22. The summed E-state index contributed by atoms with van der Waals surface area (Å²) in [4.78, 5) is 2.50. The molecule has 1 heterocycles. The van der Waals surface area contributed by atoms with Crippen LogP contribution in [-0.4, -0.2) is 11.7 Å². The third-order valence-corrected chi connectivity index (χ3v) is 4.20. The SMILES string of the molecule is COc1ccc(Sc2cn(C)c3ccccc23)cc1. The van der Waals surface area contributed by atoms with Gasteiger partial charge in [-0.25, -0.2) is 0 Å². The quantitative estimate of drug-likeness (QED) is 0.702. The molecule has 3 rings (SSSR count). The summed E-state index contributed by atoms with van der Waals surface area (Å²) in [5.41, 5.74) is 1.26. The fourth-order valence-electron chi connectivity index (χ4n) is 2.16. The molecular weight excluding hydrogens is 254 g/mol. The Morgan fingerprint density at radius 2 is 1.74 bits per heavy atom. The first kappa shape index (κ1) is 12.2. The van der Waals surface area contributed by atoms with E-state index >= 15 is 0 Å². The number of aromatic nitrogens is 1. The molecule has 0 saturated heterocycles. The number of para-hydroxylation sites is 1. The highest BCUT2D eigenvalue weighted by molar-refractivity contribution is 7.99. The van der Waals surface area contributed by atoms with Crippen molar-refractivity contribution in [2.45, 2.75) is 9.79 Å². The van der Waals surface area contributed by atoms with E-state index in [0.717, 1.165) is 5.75 Å². The van der Waals surface area contributed by atoms with E-state index in [1.54, 1.807) is 18.9 Å². The number of hydrogen-bond donors (Lipinski definition) is 0. The Morgan fingerprint density at radius 3 is 2.47 bits per heavy atom. The van der Waals surface area contributed by atoms with Crippen molar-refractivity contribution in [1.29, 1.82) is 0 Å². The fourth-order valence-corrected chi connectivity index (χ4v) is 3.18. The first-order chi connectivity index (χ1) is 9.28. The Labute approximate surface area is 117 Å². The van der Waals surface area contributed by atoms with Gasteiger partial charge in [-0.05, 0) is 30.3 Å². The second kappa shape index (κ2) is 5.02. The molecule has 19 heavy (non-hydrogen) atoms. The minimum atomic E-state index is 0.891. The van der Waals surface area contributed by atoms with Crippen LogP contribution in [0.25, 0.3) is 10.9 Å². The van der Waals surface area contributed by atoms with E-state index in [1.807, 2.05) is 12.1 Å². The summed E-state index contributed by atoms with van der Waals surface area (Å²) in [5, 5.41) is 1.30. The predicted octanol–water partition coefficient (Wildman–Crippen LogP) is 4.34. The van der Waals surface area contributed by atoms with Crippen LogP contribution in [0, 0.1) is 0 Å². The van der Waals surface area contributed by atoms with Gasteiger partial charge < -0.3 is 9.30 Å². The van der Waals surface area contributed by atoms with E-state index in [0.29, 0.717) is 0 Å². The van der Waals surface area contributed by atoms with E-state index < -0.39 is 0 Å². The number of hydrogen-bond acceptors (Lipinski definition) is 2. The van der Waals surface area contributed by atoms with Gasteiger partial charge in [0, 0.05) is 33.9 Å². The number of methoxy groups -OCH3 is 1. The molecule has 0 unspecified atom stereocenters. The average molecular weight is 269 g/mol. The number of fused-ring (bicyclic) bond motifs is 1. The molecule has 2 nitrogen and oxygen atoms in total. The van der Waals surface area contributed by atoms with E-state index in [4.69, 9.17) is 4.74 Å². The molecule has 96 valence electrons. The van der Waals surface area contributed by atoms with Crippen LogP contribution in [0.2, 0.25) is 0 Å². The lowest BCUT2D eigenvalue weighted by atomic mass is 10.2. The van der Waals surface area contributed by atoms with Crippen LogP contribution in [0.4, 0.5) is 0 Å². The summed E-state index contributed by atoms with van der Waals surface area (Å²) in [7, 11) is 3.77. The number of aryl methyl sites for hydroxylation is 1. The second-order valence-electron chi connectivity index (χ2n) is 4.40. The van der Waals surface area contributed by atoms with Gasteiger partial charge in [-0.3, -0.25) is 0 Å². The molecule has 0 aliphatic carbocycles. The van der Waals surface area contributed by atoms with Crippen molar-refractivity contribution in [3.63, 3.8) is 0 Å². The Hall–Kier alpha value is -1.87. The number of benzene rings is 2.